The van der Waals surface area contributed by atoms with Crippen molar-refractivity contribution >= 4 is 5.91 Å². The Morgan fingerprint density at radius 3 is 2.70 bits per heavy atom. The molecule has 0 N–H and O–H groups in total. The summed E-state index contributed by atoms with van der Waals surface area (Å²) >= 11 is 0. The van der Waals surface area contributed by atoms with Gasteiger partial charge in [-0.1, -0.05) is 48.5 Å². The van der Waals surface area contributed by atoms with Crippen LogP contribution in [0.2, 0.25) is 0 Å². The zero-order valence-corrected chi connectivity index (χ0v) is 15.3. The van der Waals surface area contributed by atoms with E-state index in [0.29, 0.717) is 31.8 Å². The van der Waals surface area contributed by atoms with E-state index in [1.165, 1.54) is 6.33 Å². The van der Waals surface area contributed by atoms with Crippen LogP contribution in [0.4, 0.5) is 0 Å². The van der Waals surface area contributed by atoms with Crippen molar-refractivity contribution in [2.75, 3.05) is 19.7 Å². The third-order valence-electron chi connectivity index (χ3n) is 4.99. The Labute approximate surface area is 158 Å². The van der Waals surface area contributed by atoms with Crippen LogP contribution in [0, 0.1) is 0 Å². The molecule has 27 heavy (non-hydrogen) atoms. The molecule has 2 heterocycles. The summed E-state index contributed by atoms with van der Waals surface area (Å²) in [7, 11) is 0. The lowest BCUT2D eigenvalue weighted by atomic mass is 9.93. The van der Waals surface area contributed by atoms with Gasteiger partial charge in [-0.15, -0.1) is 0 Å². The molecule has 1 atom stereocenters. The van der Waals surface area contributed by atoms with E-state index >= 15 is 0 Å². The molecule has 2 aromatic carbocycles. The first-order chi connectivity index (χ1) is 13.2. The molecule has 1 aliphatic heterocycles. The number of carbonyl (C=O) groups is 1. The smallest absolute Gasteiger partial charge is 0.254 e. The van der Waals surface area contributed by atoms with Gasteiger partial charge in [0.25, 0.3) is 5.91 Å². The van der Waals surface area contributed by atoms with Gasteiger partial charge in [-0.25, -0.2) is 9.67 Å². The monoisotopic (exact) mass is 362 g/mol. The van der Waals surface area contributed by atoms with Gasteiger partial charge in [0.05, 0.1) is 19.7 Å². The van der Waals surface area contributed by atoms with Crippen LogP contribution in [0.15, 0.2) is 67.3 Å². The fourth-order valence-electron chi connectivity index (χ4n) is 3.53. The quantitative estimate of drug-likeness (QED) is 0.716. The highest BCUT2D eigenvalue weighted by atomic mass is 16.5. The first-order valence-electron chi connectivity index (χ1n) is 9.05. The topological polar surface area (TPSA) is 60.2 Å². The fourth-order valence-corrected chi connectivity index (χ4v) is 3.53. The second-order valence-electron chi connectivity index (χ2n) is 6.92. The Morgan fingerprint density at radius 1 is 1.15 bits per heavy atom. The average molecular weight is 362 g/mol. The molecule has 0 saturated carbocycles. The molecule has 0 spiro atoms. The van der Waals surface area contributed by atoms with Crippen molar-refractivity contribution in [3.63, 3.8) is 0 Å². The maximum absolute atomic E-state index is 13.3. The Morgan fingerprint density at radius 2 is 1.93 bits per heavy atom. The molecule has 0 aliphatic carbocycles. The number of amides is 1. The third-order valence-corrected chi connectivity index (χ3v) is 4.99. The molecule has 1 aromatic heterocycles. The largest absolute Gasteiger partial charge is 0.367 e. The summed E-state index contributed by atoms with van der Waals surface area (Å²) < 4.78 is 7.79. The van der Waals surface area contributed by atoms with Crippen LogP contribution in [-0.4, -0.2) is 45.3 Å². The van der Waals surface area contributed by atoms with E-state index in [-0.39, 0.29) is 5.91 Å². The number of ether oxygens (including phenoxy) is 1. The van der Waals surface area contributed by atoms with Crippen LogP contribution >= 0.6 is 0 Å². The predicted molar refractivity (Wildman–Crippen MR) is 101 cm³/mol. The van der Waals surface area contributed by atoms with E-state index in [4.69, 9.17) is 4.74 Å². The van der Waals surface area contributed by atoms with Gasteiger partial charge in [0.2, 0.25) is 0 Å². The Bertz CT molecular complexity index is 911. The molecule has 1 aliphatic rings. The minimum atomic E-state index is -0.504. The van der Waals surface area contributed by atoms with Gasteiger partial charge >= 0.3 is 0 Å². The molecule has 1 amide bonds. The summed E-state index contributed by atoms with van der Waals surface area (Å²) in [5.74, 6) is 0.0242. The van der Waals surface area contributed by atoms with Crippen LogP contribution in [-0.2, 0) is 16.9 Å². The van der Waals surface area contributed by atoms with Crippen LogP contribution < -0.4 is 0 Å². The number of morpholine rings is 1. The van der Waals surface area contributed by atoms with Crippen LogP contribution in [0.5, 0.6) is 0 Å². The second-order valence-corrected chi connectivity index (χ2v) is 6.92. The van der Waals surface area contributed by atoms with Crippen molar-refractivity contribution in [1.82, 2.24) is 19.7 Å². The van der Waals surface area contributed by atoms with Gasteiger partial charge in [-0.3, -0.25) is 4.79 Å². The number of benzene rings is 2. The highest BCUT2D eigenvalue weighted by molar-refractivity contribution is 5.95. The Hall–Kier alpha value is -2.99. The highest BCUT2D eigenvalue weighted by Crippen LogP contribution is 2.30. The molecule has 6 nitrogen and oxygen atoms in total. The standard InChI is InChI=1S/C21H22N4O2/c1-21(18-8-3-2-4-9-18)14-24(11-12-27-21)20(26)19-10-6-5-7-17(19)13-25-16-22-15-23-25/h2-10,15-16H,11-14H2,1H3. The number of rotatable bonds is 4. The van der Waals surface area contributed by atoms with Crippen LogP contribution in [0.25, 0.3) is 0 Å². The van der Waals surface area contributed by atoms with Gasteiger partial charge in [0.1, 0.15) is 18.3 Å². The van der Waals surface area contributed by atoms with Crippen molar-refractivity contribution in [2.45, 2.75) is 19.1 Å². The van der Waals surface area contributed by atoms with E-state index < -0.39 is 5.60 Å². The van der Waals surface area contributed by atoms with E-state index in [2.05, 4.69) is 10.1 Å². The van der Waals surface area contributed by atoms with Gasteiger partial charge in [-0.05, 0) is 24.1 Å². The summed E-state index contributed by atoms with van der Waals surface area (Å²) in [6, 6.07) is 17.8. The zero-order valence-electron chi connectivity index (χ0n) is 15.3. The van der Waals surface area contributed by atoms with Gasteiger partial charge < -0.3 is 9.64 Å². The van der Waals surface area contributed by atoms with Gasteiger partial charge in [0, 0.05) is 12.1 Å². The van der Waals surface area contributed by atoms with Crippen molar-refractivity contribution in [1.29, 1.82) is 0 Å². The second kappa shape index (κ2) is 7.32. The Balaban J connectivity index is 1.58. The number of nitrogens with zero attached hydrogens (tertiary/aromatic N) is 4. The highest BCUT2D eigenvalue weighted by Gasteiger charge is 2.36. The molecule has 1 saturated heterocycles. The number of hydrogen-bond donors (Lipinski definition) is 0. The molecule has 1 fully saturated rings. The number of hydrogen-bond acceptors (Lipinski definition) is 4. The van der Waals surface area contributed by atoms with Gasteiger partial charge in [-0.2, -0.15) is 5.10 Å². The van der Waals surface area contributed by atoms with Gasteiger partial charge in [0.15, 0.2) is 0 Å². The predicted octanol–water partition coefficient (Wildman–Crippen LogP) is 2.71. The minimum absolute atomic E-state index is 0.0242. The SMILES string of the molecule is CC1(c2ccccc2)CN(C(=O)c2ccccc2Cn2cncn2)CCO1. The summed E-state index contributed by atoms with van der Waals surface area (Å²) in [5.41, 5.74) is 2.21. The van der Waals surface area contributed by atoms with Crippen LogP contribution in [0.1, 0.15) is 28.4 Å². The van der Waals surface area contributed by atoms with Crippen molar-refractivity contribution in [3.8, 4) is 0 Å². The lowest BCUT2D eigenvalue weighted by Gasteiger charge is -2.41. The zero-order chi connectivity index (χ0) is 18.7. The van der Waals surface area contributed by atoms with E-state index in [0.717, 1.165) is 11.1 Å². The molecule has 138 valence electrons. The summed E-state index contributed by atoms with van der Waals surface area (Å²) in [6.45, 7) is 4.18. The minimum Gasteiger partial charge on any atom is -0.367 e. The fraction of sp³-hybridized carbons (Fsp3) is 0.286. The third kappa shape index (κ3) is 3.61. The number of aromatic nitrogens is 3. The molecule has 1 unspecified atom stereocenters. The molecule has 3 aromatic rings. The lowest BCUT2D eigenvalue weighted by molar-refractivity contribution is -0.0931. The molecule has 0 bridgehead atoms. The normalized spacial score (nSPS) is 19.8. The summed E-state index contributed by atoms with van der Waals surface area (Å²) in [5, 5.41) is 4.15. The average Bonchev–Trinajstić information content (AvgIpc) is 3.22. The summed E-state index contributed by atoms with van der Waals surface area (Å²) in [6.07, 6.45) is 3.15. The first-order valence-corrected chi connectivity index (χ1v) is 9.05. The molecular formula is C21H22N4O2. The maximum atomic E-state index is 13.3. The Kier molecular flexibility index (Phi) is 4.73. The lowest BCUT2D eigenvalue weighted by Crippen LogP contribution is -2.50. The molecule has 4 rings (SSSR count). The van der Waals surface area contributed by atoms with Crippen molar-refractivity contribution in [3.05, 3.63) is 83.9 Å². The maximum Gasteiger partial charge on any atom is 0.254 e. The number of carbonyl (C=O) groups excluding carboxylic acids is 1. The first kappa shape index (κ1) is 17.4. The van der Waals surface area contributed by atoms with Crippen LogP contribution in [0.3, 0.4) is 0 Å². The van der Waals surface area contributed by atoms with E-state index in [9.17, 15) is 4.79 Å². The summed E-state index contributed by atoms with van der Waals surface area (Å²) in [4.78, 5) is 19.2. The van der Waals surface area contributed by atoms with E-state index in [1.54, 1.807) is 11.0 Å². The molecular weight excluding hydrogens is 340 g/mol. The molecule has 0 radical (unpaired) electrons. The van der Waals surface area contributed by atoms with Crippen molar-refractivity contribution in [2.24, 2.45) is 0 Å². The van der Waals surface area contributed by atoms with E-state index in [1.807, 2.05) is 66.4 Å². The molecule has 6 heteroatoms. The van der Waals surface area contributed by atoms with Crippen molar-refractivity contribution < 1.29 is 9.53 Å².